The van der Waals surface area contributed by atoms with Crippen LogP contribution < -0.4 is 5.32 Å². The summed E-state index contributed by atoms with van der Waals surface area (Å²) in [7, 11) is 0. The normalized spacial score (nSPS) is 15.1. The van der Waals surface area contributed by atoms with Gasteiger partial charge in [-0.1, -0.05) is 33.3 Å². The largest absolute Gasteiger partial charge is 0.313 e. The Kier molecular flexibility index (Phi) is 5.96. The first-order valence-electron chi connectivity index (χ1n) is 6.03. The lowest BCUT2D eigenvalue weighted by Crippen LogP contribution is -2.37. The van der Waals surface area contributed by atoms with E-state index in [0.717, 1.165) is 12.5 Å². The molecule has 2 heteroatoms. The molecule has 86 valence electrons. The van der Waals surface area contributed by atoms with Crippen LogP contribution in [-0.4, -0.2) is 12.6 Å². The molecule has 0 saturated carbocycles. The highest BCUT2D eigenvalue weighted by Gasteiger charge is 2.15. The van der Waals surface area contributed by atoms with Crippen LogP contribution >= 0.6 is 11.3 Å². The highest BCUT2D eigenvalue weighted by atomic mass is 32.1. The van der Waals surface area contributed by atoms with Crippen LogP contribution in [0.15, 0.2) is 17.5 Å². The van der Waals surface area contributed by atoms with Gasteiger partial charge in [0.2, 0.25) is 0 Å². The standard InChI is InChI=1S/C13H23NS/c1-4-8-14-13(11(3)5-2)10-12-7-6-9-15-12/h6-7,9,11,13-14H,4-5,8,10H2,1-3H3. The molecule has 0 fully saturated rings. The van der Waals surface area contributed by atoms with Crippen LogP contribution in [-0.2, 0) is 6.42 Å². The molecule has 1 nitrogen and oxygen atoms in total. The molecule has 0 spiro atoms. The van der Waals surface area contributed by atoms with Crippen molar-refractivity contribution in [3.8, 4) is 0 Å². The van der Waals surface area contributed by atoms with Crippen LogP contribution in [0, 0.1) is 5.92 Å². The predicted octanol–water partition coefficient (Wildman–Crippen LogP) is 3.70. The maximum atomic E-state index is 3.67. The summed E-state index contributed by atoms with van der Waals surface area (Å²) in [5.41, 5.74) is 0. The van der Waals surface area contributed by atoms with Gasteiger partial charge in [-0.2, -0.15) is 0 Å². The fourth-order valence-electron chi connectivity index (χ4n) is 1.73. The molecular weight excluding hydrogens is 202 g/mol. The summed E-state index contributed by atoms with van der Waals surface area (Å²) in [6.45, 7) is 7.99. The minimum atomic E-state index is 0.647. The van der Waals surface area contributed by atoms with E-state index in [4.69, 9.17) is 0 Å². The molecule has 0 bridgehead atoms. The van der Waals surface area contributed by atoms with E-state index in [-0.39, 0.29) is 0 Å². The predicted molar refractivity (Wildman–Crippen MR) is 69.6 cm³/mol. The summed E-state index contributed by atoms with van der Waals surface area (Å²) in [6, 6.07) is 5.04. The fourth-order valence-corrected chi connectivity index (χ4v) is 2.50. The van der Waals surface area contributed by atoms with Gasteiger partial charge in [0.15, 0.2) is 0 Å². The summed E-state index contributed by atoms with van der Waals surface area (Å²) in [6.07, 6.45) is 3.66. The van der Waals surface area contributed by atoms with Gasteiger partial charge in [0.25, 0.3) is 0 Å². The number of hydrogen-bond acceptors (Lipinski definition) is 2. The molecule has 1 aromatic heterocycles. The molecule has 0 amide bonds. The topological polar surface area (TPSA) is 12.0 Å². The second kappa shape index (κ2) is 7.02. The molecule has 2 unspecified atom stereocenters. The number of hydrogen-bond donors (Lipinski definition) is 1. The van der Waals surface area contributed by atoms with E-state index in [1.165, 1.54) is 24.1 Å². The van der Waals surface area contributed by atoms with Crippen molar-refractivity contribution in [3.63, 3.8) is 0 Å². The van der Waals surface area contributed by atoms with E-state index in [2.05, 4.69) is 43.6 Å². The van der Waals surface area contributed by atoms with Crippen LogP contribution in [0.25, 0.3) is 0 Å². The van der Waals surface area contributed by atoms with E-state index in [0.29, 0.717) is 6.04 Å². The zero-order valence-electron chi connectivity index (χ0n) is 10.1. The van der Waals surface area contributed by atoms with Gasteiger partial charge >= 0.3 is 0 Å². The van der Waals surface area contributed by atoms with Gasteiger partial charge in [0.1, 0.15) is 0 Å². The first-order chi connectivity index (χ1) is 7.27. The third kappa shape index (κ3) is 4.35. The minimum Gasteiger partial charge on any atom is -0.313 e. The van der Waals surface area contributed by atoms with E-state index in [1.54, 1.807) is 0 Å². The third-order valence-corrected chi connectivity index (χ3v) is 3.89. The van der Waals surface area contributed by atoms with Crippen LogP contribution in [0.1, 0.15) is 38.5 Å². The van der Waals surface area contributed by atoms with E-state index < -0.39 is 0 Å². The summed E-state index contributed by atoms with van der Waals surface area (Å²) in [4.78, 5) is 1.50. The van der Waals surface area contributed by atoms with Crippen molar-refractivity contribution in [2.24, 2.45) is 5.92 Å². The molecule has 0 radical (unpaired) electrons. The zero-order chi connectivity index (χ0) is 11.1. The third-order valence-electron chi connectivity index (χ3n) is 2.99. The zero-order valence-corrected chi connectivity index (χ0v) is 10.9. The second-order valence-corrected chi connectivity index (χ2v) is 5.26. The Morgan fingerprint density at radius 2 is 2.20 bits per heavy atom. The molecule has 0 aliphatic carbocycles. The van der Waals surface area contributed by atoms with Crippen molar-refractivity contribution >= 4 is 11.3 Å². The smallest absolute Gasteiger partial charge is 0.0141 e. The van der Waals surface area contributed by atoms with Crippen molar-refractivity contribution in [1.82, 2.24) is 5.32 Å². The van der Waals surface area contributed by atoms with Gasteiger partial charge in [-0.25, -0.2) is 0 Å². The van der Waals surface area contributed by atoms with Gasteiger partial charge in [0.05, 0.1) is 0 Å². The monoisotopic (exact) mass is 225 g/mol. The first kappa shape index (κ1) is 12.7. The van der Waals surface area contributed by atoms with Crippen LogP contribution in [0.2, 0.25) is 0 Å². The average molecular weight is 225 g/mol. The Morgan fingerprint density at radius 3 is 2.73 bits per heavy atom. The van der Waals surface area contributed by atoms with E-state index >= 15 is 0 Å². The molecule has 0 aliphatic heterocycles. The van der Waals surface area contributed by atoms with Gasteiger partial charge < -0.3 is 5.32 Å². The molecule has 1 heterocycles. The Morgan fingerprint density at radius 1 is 1.40 bits per heavy atom. The van der Waals surface area contributed by atoms with Gasteiger partial charge in [-0.15, -0.1) is 11.3 Å². The maximum Gasteiger partial charge on any atom is 0.0141 e. The minimum absolute atomic E-state index is 0.647. The van der Waals surface area contributed by atoms with Crippen molar-refractivity contribution in [3.05, 3.63) is 22.4 Å². The maximum absolute atomic E-state index is 3.67. The lowest BCUT2D eigenvalue weighted by molar-refractivity contribution is 0.366. The van der Waals surface area contributed by atoms with Crippen LogP contribution in [0.5, 0.6) is 0 Å². The molecule has 0 aliphatic rings. The Labute approximate surface area is 97.9 Å². The first-order valence-corrected chi connectivity index (χ1v) is 6.91. The summed E-state index contributed by atoms with van der Waals surface area (Å²) >= 11 is 1.87. The molecule has 0 saturated heterocycles. The van der Waals surface area contributed by atoms with Crippen molar-refractivity contribution in [1.29, 1.82) is 0 Å². The van der Waals surface area contributed by atoms with Crippen molar-refractivity contribution < 1.29 is 0 Å². The second-order valence-electron chi connectivity index (χ2n) is 4.23. The van der Waals surface area contributed by atoms with Gasteiger partial charge in [0, 0.05) is 10.9 Å². The molecular formula is C13H23NS. The SMILES string of the molecule is CCCNC(Cc1cccs1)C(C)CC. The highest BCUT2D eigenvalue weighted by Crippen LogP contribution is 2.17. The molecule has 1 N–H and O–H groups in total. The quantitative estimate of drug-likeness (QED) is 0.746. The summed E-state index contributed by atoms with van der Waals surface area (Å²) in [5.74, 6) is 0.763. The molecule has 1 rings (SSSR count). The average Bonchev–Trinajstić information content (AvgIpc) is 2.75. The van der Waals surface area contributed by atoms with Crippen molar-refractivity contribution in [2.75, 3.05) is 6.54 Å². The lowest BCUT2D eigenvalue weighted by Gasteiger charge is -2.23. The Bertz CT molecular complexity index is 243. The summed E-state index contributed by atoms with van der Waals surface area (Å²) < 4.78 is 0. The van der Waals surface area contributed by atoms with E-state index in [1.807, 2.05) is 11.3 Å². The lowest BCUT2D eigenvalue weighted by atomic mass is 9.95. The van der Waals surface area contributed by atoms with E-state index in [9.17, 15) is 0 Å². The van der Waals surface area contributed by atoms with Gasteiger partial charge in [-0.05, 0) is 36.8 Å². The Balaban J connectivity index is 2.48. The number of rotatable bonds is 7. The van der Waals surface area contributed by atoms with Crippen LogP contribution in [0.4, 0.5) is 0 Å². The molecule has 2 atom stereocenters. The van der Waals surface area contributed by atoms with Gasteiger partial charge in [-0.3, -0.25) is 0 Å². The number of nitrogens with one attached hydrogen (secondary N) is 1. The molecule has 0 aromatic carbocycles. The van der Waals surface area contributed by atoms with Crippen LogP contribution in [0.3, 0.4) is 0 Å². The number of thiophene rings is 1. The van der Waals surface area contributed by atoms with Crippen molar-refractivity contribution in [2.45, 2.75) is 46.1 Å². The Hall–Kier alpha value is -0.340. The fraction of sp³-hybridized carbons (Fsp3) is 0.692. The molecule has 15 heavy (non-hydrogen) atoms. The summed E-state index contributed by atoms with van der Waals surface area (Å²) in [5, 5.41) is 5.83. The molecule has 1 aromatic rings. The highest BCUT2D eigenvalue weighted by molar-refractivity contribution is 7.09.